The van der Waals surface area contributed by atoms with Crippen molar-refractivity contribution in [2.45, 2.75) is 6.42 Å². The molecule has 1 aliphatic rings. The predicted octanol–water partition coefficient (Wildman–Crippen LogP) is -0.210. The van der Waals surface area contributed by atoms with E-state index in [0.717, 1.165) is 6.42 Å². The number of aliphatic hydroxyl groups is 1. The number of nitroso groups, excluding NO2 is 1. The molecule has 5 N–H and O–H groups in total. The van der Waals surface area contributed by atoms with E-state index in [0.29, 0.717) is 12.5 Å². The van der Waals surface area contributed by atoms with Gasteiger partial charge in [-0.15, -0.1) is 4.91 Å². The highest BCUT2D eigenvalue weighted by Crippen LogP contribution is 2.37. The van der Waals surface area contributed by atoms with Crippen LogP contribution in [-0.4, -0.2) is 28.2 Å². The molecule has 0 radical (unpaired) electrons. The van der Waals surface area contributed by atoms with E-state index < -0.39 is 5.56 Å². The molecule has 0 saturated heterocycles. The van der Waals surface area contributed by atoms with Crippen molar-refractivity contribution in [2.24, 2.45) is 17.0 Å². The Morgan fingerprint density at radius 2 is 2.35 bits per heavy atom. The van der Waals surface area contributed by atoms with E-state index >= 15 is 0 Å². The maximum absolute atomic E-state index is 11.3. The number of aromatic amines is 1. The molecule has 0 amide bonds. The summed E-state index contributed by atoms with van der Waals surface area (Å²) in [6.45, 7) is 0.680. The lowest BCUT2D eigenvalue weighted by Gasteiger charge is -2.06. The maximum atomic E-state index is 11.3. The molecule has 1 aromatic rings. The van der Waals surface area contributed by atoms with E-state index in [1.165, 1.54) is 0 Å². The van der Waals surface area contributed by atoms with Gasteiger partial charge in [-0.25, -0.2) is 0 Å². The summed E-state index contributed by atoms with van der Waals surface area (Å²) in [5.41, 5.74) is 4.40. The average molecular weight is 239 g/mol. The highest BCUT2D eigenvalue weighted by Gasteiger charge is 2.36. The minimum absolute atomic E-state index is 0.0700. The lowest BCUT2D eigenvalue weighted by molar-refractivity contribution is 0.270. The van der Waals surface area contributed by atoms with Crippen LogP contribution in [0.2, 0.25) is 0 Å². The first-order valence-corrected chi connectivity index (χ1v) is 5.23. The topological polar surface area (TPSA) is 133 Å². The number of nitrogens with two attached hydrogens (primary N) is 1. The number of nitrogens with zero attached hydrogens (tertiary/aromatic N) is 2. The van der Waals surface area contributed by atoms with E-state index in [4.69, 9.17) is 10.8 Å². The van der Waals surface area contributed by atoms with Gasteiger partial charge in [0, 0.05) is 13.2 Å². The molecule has 1 aromatic heterocycles. The van der Waals surface area contributed by atoms with E-state index in [9.17, 15) is 9.70 Å². The highest BCUT2D eigenvalue weighted by molar-refractivity contribution is 5.60. The Kier molecular flexibility index (Phi) is 3.05. The normalized spacial score (nSPS) is 22.2. The summed E-state index contributed by atoms with van der Waals surface area (Å²) in [7, 11) is 0. The van der Waals surface area contributed by atoms with Crippen LogP contribution in [0.5, 0.6) is 0 Å². The van der Waals surface area contributed by atoms with Crippen molar-refractivity contribution in [2.75, 3.05) is 24.2 Å². The standard InChI is InChI=1S/C9H13N5O3/c10-9-12-7(6(14-17)8(16)13-9)11-2-4-1-5(4)3-15/h4-5,15H,1-3H2,(H4,10,11,12,13,16)/t4-,5+/m1/s1. The Hall–Kier alpha value is -1.96. The Labute approximate surface area is 96.2 Å². The molecule has 1 saturated carbocycles. The van der Waals surface area contributed by atoms with Gasteiger partial charge in [0.05, 0.1) is 0 Å². The second-order valence-electron chi connectivity index (χ2n) is 4.06. The third-order valence-corrected chi connectivity index (χ3v) is 2.84. The van der Waals surface area contributed by atoms with Crippen molar-refractivity contribution in [3.63, 3.8) is 0 Å². The zero-order valence-corrected chi connectivity index (χ0v) is 9.01. The molecule has 8 nitrogen and oxygen atoms in total. The van der Waals surface area contributed by atoms with Crippen molar-refractivity contribution >= 4 is 17.5 Å². The highest BCUT2D eigenvalue weighted by atomic mass is 16.3. The third kappa shape index (κ3) is 2.41. The zero-order valence-electron chi connectivity index (χ0n) is 9.01. The minimum atomic E-state index is -0.662. The summed E-state index contributed by atoms with van der Waals surface area (Å²) in [6.07, 6.45) is 0.923. The fourth-order valence-electron chi connectivity index (χ4n) is 1.70. The molecule has 0 spiro atoms. The summed E-state index contributed by atoms with van der Waals surface area (Å²) >= 11 is 0. The van der Waals surface area contributed by atoms with Gasteiger partial charge < -0.3 is 16.2 Å². The predicted molar refractivity (Wildman–Crippen MR) is 61.9 cm³/mol. The Balaban J connectivity index is 2.09. The molecule has 92 valence electrons. The van der Waals surface area contributed by atoms with Gasteiger partial charge in [-0.1, -0.05) is 0 Å². The van der Waals surface area contributed by atoms with Gasteiger partial charge in [0.25, 0.3) is 5.56 Å². The Morgan fingerprint density at radius 3 is 2.94 bits per heavy atom. The van der Waals surface area contributed by atoms with Crippen LogP contribution in [0.25, 0.3) is 0 Å². The van der Waals surface area contributed by atoms with Gasteiger partial charge >= 0.3 is 0 Å². The lowest BCUT2D eigenvalue weighted by atomic mass is 10.3. The molecular formula is C9H13N5O3. The number of aliphatic hydroxyl groups excluding tert-OH is 1. The van der Waals surface area contributed by atoms with Crippen molar-refractivity contribution in [1.82, 2.24) is 9.97 Å². The van der Waals surface area contributed by atoms with Gasteiger partial charge in [-0.2, -0.15) is 4.98 Å². The second-order valence-corrected chi connectivity index (χ2v) is 4.06. The van der Waals surface area contributed by atoms with Crippen LogP contribution in [0, 0.1) is 16.7 Å². The SMILES string of the molecule is Nc1nc(NC[C@H]2C[C@H]2CO)c(N=O)c(=O)[nH]1. The smallest absolute Gasteiger partial charge is 0.284 e. The average Bonchev–Trinajstić information content (AvgIpc) is 3.04. The summed E-state index contributed by atoms with van der Waals surface area (Å²) in [5.74, 6) is 0.639. The molecule has 8 heteroatoms. The van der Waals surface area contributed by atoms with Gasteiger partial charge in [0.1, 0.15) is 0 Å². The molecule has 17 heavy (non-hydrogen) atoms. The van der Waals surface area contributed by atoms with E-state index in [-0.39, 0.29) is 30.0 Å². The summed E-state index contributed by atoms with van der Waals surface area (Å²) in [4.78, 5) is 27.8. The van der Waals surface area contributed by atoms with Crippen LogP contribution in [-0.2, 0) is 0 Å². The first kappa shape index (κ1) is 11.5. The fourth-order valence-corrected chi connectivity index (χ4v) is 1.70. The number of anilines is 2. The van der Waals surface area contributed by atoms with Crippen LogP contribution in [0.3, 0.4) is 0 Å². The molecule has 0 unspecified atom stereocenters. The largest absolute Gasteiger partial charge is 0.396 e. The minimum Gasteiger partial charge on any atom is -0.396 e. The molecule has 0 bridgehead atoms. The van der Waals surface area contributed by atoms with Gasteiger partial charge in [0.15, 0.2) is 5.82 Å². The van der Waals surface area contributed by atoms with Crippen LogP contribution < -0.4 is 16.6 Å². The summed E-state index contributed by atoms with van der Waals surface area (Å²) in [6, 6.07) is 0. The fraction of sp³-hybridized carbons (Fsp3) is 0.556. The first-order chi connectivity index (χ1) is 8.15. The van der Waals surface area contributed by atoms with Crippen molar-refractivity contribution in [1.29, 1.82) is 0 Å². The van der Waals surface area contributed by atoms with Crippen molar-refractivity contribution in [3.8, 4) is 0 Å². The van der Waals surface area contributed by atoms with E-state index in [1.54, 1.807) is 0 Å². The molecule has 1 fully saturated rings. The first-order valence-electron chi connectivity index (χ1n) is 5.23. The number of rotatable bonds is 5. The number of H-pyrrole nitrogens is 1. The van der Waals surface area contributed by atoms with Crippen LogP contribution in [0.15, 0.2) is 9.97 Å². The quantitative estimate of drug-likeness (QED) is 0.525. The Bertz CT molecular complexity index is 486. The summed E-state index contributed by atoms with van der Waals surface area (Å²) in [5, 5.41) is 14.4. The zero-order chi connectivity index (χ0) is 12.4. The number of nitrogen functional groups attached to an aromatic ring is 1. The molecule has 2 atom stereocenters. The van der Waals surface area contributed by atoms with Crippen molar-refractivity contribution < 1.29 is 5.11 Å². The number of nitrogens with one attached hydrogen (secondary N) is 2. The lowest BCUT2D eigenvalue weighted by Crippen LogP contribution is -2.16. The van der Waals surface area contributed by atoms with Crippen LogP contribution in [0.4, 0.5) is 17.5 Å². The maximum Gasteiger partial charge on any atom is 0.284 e. The molecule has 1 aliphatic carbocycles. The molecule has 0 aromatic carbocycles. The van der Waals surface area contributed by atoms with E-state index in [1.807, 2.05) is 0 Å². The second kappa shape index (κ2) is 4.50. The number of hydrogen-bond donors (Lipinski definition) is 4. The van der Waals surface area contributed by atoms with Gasteiger partial charge in [0.2, 0.25) is 11.6 Å². The van der Waals surface area contributed by atoms with Crippen LogP contribution in [0.1, 0.15) is 6.42 Å². The molecule has 1 heterocycles. The third-order valence-electron chi connectivity index (χ3n) is 2.84. The molecule has 2 rings (SSSR count). The molecule has 0 aliphatic heterocycles. The van der Waals surface area contributed by atoms with Gasteiger partial charge in [-0.05, 0) is 23.4 Å². The van der Waals surface area contributed by atoms with Gasteiger partial charge in [-0.3, -0.25) is 9.78 Å². The number of aromatic nitrogens is 2. The van der Waals surface area contributed by atoms with Crippen LogP contribution >= 0.6 is 0 Å². The summed E-state index contributed by atoms with van der Waals surface area (Å²) < 4.78 is 0. The van der Waals surface area contributed by atoms with Crippen molar-refractivity contribution in [3.05, 3.63) is 15.3 Å². The Morgan fingerprint density at radius 1 is 1.59 bits per heavy atom. The monoisotopic (exact) mass is 239 g/mol. The number of hydrogen-bond acceptors (Lipinski definition) is 7. The molecular weight excluding hydrogens is 226 g/mol. The van der Waals surface area contributed by atoms with E-state index in [2.05, 4.69) is 20.5 Å².